The fraction of sp³-hybridized carbons (Fsp3) is 0.280. The Bertz CT molecular complexity index is 1660. The van der Waals surface area contributed by atoms with Crippen molar-refractivity contribution < 1.29 is 23.1 Å². The number of H-pyrrole nitrogens is 1. The number of nitrogens with one attached hydrogen (secondary N) is 1. The zero-order valence-corrected chi connectivity index (χ0v) is 22.2. The molecule has 0 saturated heterocycles. The number of carboxylic acids is 1. The smallest absolute Gasteiger partial charge is 0.475 e. The van der Waals surface area contributed by atoms with Crippen molar-refractivity contribution in [1.29, 1.82) is 0 Å². The van der Waals surface area contributed by atoms with Gasteiger partial charge in [-0.2, -0.15) is 13.2 Å². The molecule has 5 rings (SSSR count). The van der Waals surface area contributed by atoms with Crippen molar-refractivity contribution in [2.24, 2.45) is 0 Å². The molecule has 0 bridgehead atoms. The molecule has 0 aliphatic rings. The van der Waals surface area contributed by atoms with E-state index in [0.717, 1.165) is 42.5 Å². The number of alkyl halides is 3. The molecule has 2 N–H and O–H groups in total. The summed E-state index contributed by atoms with van der Waals surface area (Å²) in [5.74, 6) is -1.63. The Morgan fingerprint density at radius 1 is 1.10 bits per heavy atom. The van der Waals surface area contributed by atoms with E-state index in [2.05, 4.69) is 60.1 Å². The van der Waals surface area contributed by atoms with E-state index in [0.29, 0.717) is 33.9 Å². The summed E-state index contributed by atoms with van der Waals surface area (Å²) >= 11 is 3.37. The lowest BCUT2D eigenvalue weighted by atomic mass is 10.0. The molecule has 0 unspecified atom stereocenters. The number of fused-ring (bicyclic) bond motifs is 2. The Morgan fingerprint density at radius 3 is 2.49 bits per heavy atom. The molecular weight excluding hydrogens is 583 g/mol. The van der Waals surface area contributed by atoms with Crippen molar-refractivity contribution in [3.8, 4) is 11.1 Å². The number of pyridine rings is 1. The summed E-state index contributed by atoms with van der Waals surface area (Å²) in [7, 11) is 0. The Hall–Kier alpha value is -4.07. The number of hydrogen-bond donors (Lipinski definition) is 2. The zero-order valence-electron chi connectivity index (χ0n) is 20.6. The van der Waals surface area contributed by atoms with Crippen LogP contribution in [-0.4, -0.2) is 51.4 Å². The van der Waals surface area contributed by atoms with Crippen LogP contribution in [0.15, 0.2) is 58.3 Å². The van der Waals surface area contributed by atoms with E-state index in [-0.39, 0.29) is 5.56 Å². The normalized spacial score (nSPS) is 11.5. The molecule has 0 saturated carbocycles. The second kappa shape index (κ2) is 11.8. The average Bonchev–Trinajstić information content (AvgIpc) is 3.50. The number of rotatable bonds is 7. The molecule has 0 fully saturated rings. The number of nitrogens with zero attached hydrogens (tertiary/aromatic N) is 6. The van der Waals surface area contributed by atoms with Gasteiger partial charge in [-0.05, 0) is 51.2 Å². The summed E-state index contributed by atoms with van der Waals surface area (Å²) in [6, 6.07) is 12.2. The molecule has 0 atom stereocenters. The van der Waals surface area contributed by atoms with Gasteiger partial charge in [-0.25, -0.2) is 14.2 Å². The van der Waals surface area contributed by atoms with E-state index in [1.165, 1.54) is 0 Å². The van der Waals surface area contributed by atoms with Crippen LogP contribution < -0.4 is 5.56 Å². The molecule has 0 radical (unpaired) electrons. The van der Waals surface area contributed by atoms with Crippen molar-refractivity contribution in [1.82, 2.24) is 34.1 Å². The van der Waals surface area contributed by atoms with Crippen LogP contribution >= 0.6 is 15.9 Å². The fourth-order valence-corrected chi connectivity index (χ4v) is 4.37. The lowest BCUT2D eigenvalue weighted by Crippen LogP contribution is -2.21. The van der Waals surface area contributed by atoms with Gasteiger partial charge in [0.2, 0.25) is 5.78 Å². The second-order valence-corrected chi connectivity index (χ2v) is 9.31. The molecule has 1 aromatic carbocycles. The number of carbonyl (C=O) groups is 1. The summed E-state index contributed by atoms with van der Waals surface area (Å²) in [5, 5.41) is 15.9. The van der Waals surface area contributed by atoms with Crippen LogP contribution in [0, 0.1) is 0 Å². The highest BCUT2D eigenvalue weighted by atomic mass is 79.9. The van der Waals surface area contributed by atoms with Gasteiger partial charge in [-0.1, -0.05) is 44.0 Å². The first kappa shape index (κ1) is 28.0. The molecule has 14 heteroatoms. The number of halogens is 4. The van der Waals surface area contributed by atoms with Gasteiger partial charge < -0.3 is 10.1 Å². The summed E-state index contributed by atoms with van der Waals surface area (Å²) in [4.78, 5) is 33.8. The van der Waals surface area contributed by atoms with Gasteiger partial charge in [0.15, 0.2) is 15.9 Å². The standard InChI is InChI=1S/C23H22BrN7O.C2HF3O2/c1-2-3-4-12-30-20-19(26-22(24)27-20)21(32)31-18(28-29-23(30)31)14-15-6-5-7-17(13-15)16-8-10-25-11-9-16;3-2(4,5)1(6)7/h5-11,13H,2-4,12,14H2,1H3,(H,26,27);(H,6,7). The lowest BCUT2D eigenvalue weighted by molar-refractivity contribution is -0.192. The van der Waals surface area contributed by atoms with Crippen LogP contribution in [-0.2, 0) is 17.8 Å². The van der Waals surface area contributed by atoms with Crippen molar-refractivity contribution in [2.45, 2.75) is 45.3 Å². The van der Waals surface area contributed by atoms with Crippen LogP contribution in [0.25, 0.3) is 28.1 Å². The summed E-state index contributed by atoms with van der Waals surface area (Å²) in [6.07, 6.45) is 2.14. The van der Waals surface area contributed by atoms with E-state index >= 15 is 0 Å². The number of hydrogen-bond acceptors (Lipinski definition) is 6. The van der Waals surface area contributed by atoms with Gasteiger partial charge in [0.1, 0.15) is 5.82 Å². The Balaban J connectivity index is 0.000000448. The Morgan fingerprint density at radius 2 is 1.82 bits per heavy atom. The predicted octanol–water partition coefficient (Wildman–Crippen LogP) is 5.01. The quantitative estimate of drug-likeness (QED) is 0.197. The molecule has 4 heterocycles. The first-order valence-corrected chi connectivity index (χ1v) is 12.7. The van der Waals surface area contributed by atoms with E-state index in [1.807, 2.05) is 28.8 Å². The summed E-state index contributed by atoms with van der Waals surface area (Å²) in [6.45, 7) is 2.89. The topological polar surface area (TPSA) is 131 Å². The van der Waals surface area contributed by atoms with Crippen molar-refractivity contribution >= 4 is 38.8 Å². The molecule has 0 amide bonds. The van der Waals surface area contributed by atoms with Gasteiger partial charge in [0, 0.05) is 25.4 Å². The molecule has 10 nitrogen and oxygen atoms in total. The molecule has 4 aromatic heterocycles. The molecule has 204 valence electrons. The lowest BCUT2D eigenvalue weighted by Gasteiger charge is -2.09. The Labute approximate surface area is 227 Å². The maximum atomic E-state index is 13.3. The van der Waals surface area contributed by atoms with Gasteiger partial charge >= 0.3 is 12.1 Å². The van der Waals surface area contributed by atoms with E-state index in [9.17, 15) is 18.0 Å². The number of aliphatic carboxylic acids is 1. The van der Waals surface area contributed by atoms with Crippen LogP contribution in [0.1, 0.15) is 37.6 Å². The number of carboxylic acid groups (broad SMARTS) is 1. The van der Waals surface area contributed by atoms with Crippen LogP contribution in [0.4, 0.5) is 13.2 Å². The summed E-state index contributed by atoms with van der Waals surface area (Å²) in [5.41, 5.74) is 4.10. The molecule has 0 spiro atoms. The number of imidazole rings is 1. The minimum Gasteiger partial charge on any atom is -0.475 e. The van der Waals surface area contributed by atoms with E-state index < -0.39 is 12.1 Å². The third-order valence-corrected chi connectivity index (χ3v) is 6.19. The fourth-order valence-electron chi connectivity index (χ4n) is 4.00. The first-order chi connectivity index (χ1) is 18.6. The minimum absolute atomic E-state index is 0.190. The molecule has 0 aliphatic heterocycles. The van der Waals surface area contributed by atoms with Gasteiger partial charge in [-0.15, -0.1) is 10.2 Å². The van der Waals surface area contributed by atoms with Gasteiger partial charge in [0.25, 0.3) is 5.56 Å². The highest BCUT2D eigenvalue weighted by Crippen LogP contribution is 2.22. The monoisotopic (exact) mass is 605 g/mol. The number of aromatic nitrogens is 7. The van der Waals surface area contributed by atoms with Crippen LogP contribution in [0.2, 0.25) is 0 Å². The van der Waals surface area contributed by atoms with Crippen molar-refractivity contribution in [2.75, 3.05) is 0 Å². The number of benzene rings is 1. The van der Waals surface area contributed by atoms with Crippen molar-refractivity contribution in [3.63, 3.8) is 0 Å². The average molecular weight is 606 g/mol. The van der Waals surface area contributed by atoms with Gasteiger partial charge in [-0.3, -0.25) is 14.3 Å². The molecular formula is C25H23BrF3N7O3. The third-order valence-electron chi connectivity index (χ3n) is 5.81. The van der Waals surface area contributed by atoms with Crippen LogP contribution in [0.5, 0.6) is 0 Å². The SMILES string of the molecule is CCCCCn1c2nc(Br)[nH]c2c(=O)n2c(Cc3cccc(-c4ccncc4)c3)nnc12.O=C(O)C(F)(F)F. The number of aryl methyl sites for hydroxylation is 1. The Kier molecular flexibility index (Phi) is 8.43. The number of unbranched alkanes of at least 4 members (excludes halogenated alkanes) is 2. The first-order valence-electron chi connectivity index (χ1n) is 11.9. The predicted molar refractivity (Wildman–Crippen MR) is 140 cm³/mol. The maximum Gasteiger partial charge on any atom is 0.490 e. The second-order valence-electron chi connectivity index (χ2n) is 8.56. The maximum absolute atomic E-state index is 13.3. The molecule has 5 aromatic rings. The highest BCUT2D eigenvalue weighted by molar-refractivity contribution is 9.10. The zero-order chi connectivity index (χ0) is 28.2. The van der Waals surface area contributed by atoms with Crippen LogP contribution in [0.3, 0.4) is 0 Å². The van der Waals surface area contributed by atoms with Gasteiger partial charge in [0.05, 0.1) is 0 Å². The number of aromatic amines is 1. The highest BCUT2D eigenvalue weighted by Gasteiger charge is 2.38. The largest absolute Gasteiger partial charge is 0.490 e. The van der Waals surface area contributed by atoms with Crippen molar-refractivity contribution in [3.05, 3.63) is 75.3 Å². The van der Waals surface area contributed by atoms with E-state index in [1.54, 1.807) is 16.8 Å². The molecule has 0 aliphatic carbocycles. The van der Waals surface area contributed by atoms with E-state index in [4.69, 9.17) is 9.90 Å². The minimum atomic E-state index is -5.08. The molecule has 39 heavy (non-hydrogen) atoms. The summed E-state index contributed by atoms with van der Waals surface area (Å²) < 4.78 is 35.9. The third kappa shape index (κ3) is 6.33.